The van der Waals surface area contributed by atoms with E-state index in [1.807, 2.05) is 4.72 Å². The van der Waals surface area contributed by atoms with Crippen LogP contribution in [0.1, 0.15) is 10.6 Å². The van der Waals surface area contributed by atoms with Gasteiger partial charge in [0.2, 0.25) is 0 Å². The average molecular weight is 301 g/mol. The molecular weight excluding hydrogens is 290 g/mol. The highest BCUT2D eigenvalue weighted by Crippen LogP contribution is 2.19. The molecule has 0 saturated carbocycles. The molecule has 0 atom stereocenters. The molecule has 0 bridgehead atoms. The van der Waals surface area contributed by atoms with Crippen LogP contribution in [-0.2, 0) is 10.0 Å². The van der Waals surface area contributed by atoms with Crippen molar-refractivity contribution in [2.45, 2.75) is 4.90 Å². The van der Waals surface area contributed by atoms with Crippen molar-refractivity contribution in [1.82, 2.24) is 4.72 Å². The van der Waals surface area contributed by atoms with Crippen LogP contribution in [0.5, 0.6) is 0 Å². The predicted molar refractivity (Wildman–Crippen MR) is 77.3 cm³/mol. The van der Waals surface area contributed by atoms with Gasteiger partial charge in [-0.25, -0.2) is 13.1 Å². The Labute approximate surface area is 121 Å². The third kappa shape index (κ3) is 2.66. The standard InChI is InChI=1S/C15H11NO4S/c17-15(14-10-11-6-4-5-9-13(11)20-14)16-21(18,19)12-7-2-1-3-8-12/h1-10H,(H,16,17). The number of benzene rings is 2. The number of rotatable bonds is 3. The average Bonchev–Trinajstić information content (AvgIpc) is 2.92. The SMILES string of the molecule is O=C(NS(=O)(=O)c1ccccc1)c1cc2ccccc2o1. The van der Waals surface area contributed by atoms with Gasteiger partial charge in [-0.05, 0) is 24.3 Å². The second-order valence-electron chi connectivity index (χ2n) is 4.40. The van der Waals surface area contributed by atoms with Crippen molar-refractivity contribution >= 4 is 26.9 Å². The number of hydrogen-bond donors (Lipinski definition) is 1. The van der Waals surface area contributed by atoms with Gasteiger partial charge in [-0.3, -0.25) is 4.79 Å². The number of hydrogen-bond acceptors (Lipinski definition) is 4. The number of sulfonamides is 1. The highest BCUT2D eigenvalue weighted by Gasteiger charge is 2.20. The lowest BCUT2D eigenvalue weighted by Crippen LogP contribution is -2.30. The zero-order valence-electron chi connectivity index (χ0n) is 10.8. The van der Waals surface area contributed by atoms with Crippen molar-refractivity contribution in [2.75, 3.05) is 0 Å². The summed E-state index contributed by atoms with van der Waals surface area (Å²) in [6.07, 6.45) is 0. The molecule has 106 valence electrons. The molecular formula is C15H11NO4S. The number of furan rings is 1. The minimum Gasteiger partial charge on any atom is -0.451 e. The van der Waals surface area contributed by atoms with Gasteiger partial charge in [0.15, 0.2) is 5.76 Å². The van der Waals surface area contributed by atoms with E-state index in [-0.39, 0.29) is 10.7 Å². The summed E-state index contributed by atoms with van der Waals surface area (Å²) in [6, 6.07) is 16.3. The summed E-state index contributed by atoms with van der Waals surface area (Å²) >= 11 is 0. The molecule has 0 unspecified atom stereocenters. The van der Waals surface area contributed by atoms with Crippen molar-refractivity contribution in [3.05, 3.63) is 66.4 Å². The number of carbonyl (C=O) groups is 1. The van der Waals surface area contributed by atoms with E-state index in [4.69, 9.17) is 4.42 Å². The molecule has 0 radical (unpaired) electrons. The molecule has 5 nitrogen and oxygen atoms in total. The van der Waals surface area contributed by atoms with E-state index in [9.17, 15) is 13.2 Å². The molecule has 2 aromatic carbocycles. The molecule has 1 N–H and O–H groups in total. The van der Waals surface area contributed by atoms with Gasteiger partial charge in [0.25, 0.3) is 10.0 Å². The van der Waals surface area contributed by atoms with Crippen LogP contribution >= 0.6 is 0 Å². The molecule has 1 heterocycles. The van der Waals surface area contributed by atoms with Gasteiger partial charge >= 0.3 is 5.91 Å². The molecule has 3 aromatic rings. The number of nitrogens with one attached hydrogen (secondary N) is 1. The van der Waals surface area contributed by atoms with E-state index in [0.717, 1.165) is 5.39 Å². The summed E-state index contributed by atoms with van der Waals surface area (Å²) in [5.41, 5.74) is 0.528. The lowest BCUT2D eigenvalue weighted by molar-refractivity contribution is 0.0956. The van der Waals surface area contributed by atoms with Crippen molar-refractivity contribution in [3.63, 3.8) is 0 Å². The first kappa shape index (κ1) is 13.4. The lowest BCUT2D eigenvalue weighted by Gasteiger charge is -2.04. The molecule has 0 fully saturated rings. The summed E-state index contributed by atoms with van der Waals surface area (Å²) in [6.45, 7) is 0. The molecule has 0 aliphatic heterocycles. The smallest absolute Gasteiger partial charge is 0.300 e. The monoisotopic (exact) mass is 301 g/mol. The minimum absolute atomic E-state index is 0.0226. The summed E-state index contributed by atoms with van der Waals surface area (Å²) in [5, 5.41) is 0.736. The van der Waals surface area contributed by atoms with Gasteiger partial charge in [0.05, 0.1) is 4.90 Å². The first-order valence-corrected chi connectivity index (χ1v) is 7.65. The Balaban J connectivity index is 1.89. The number of fused-ring (bicyclic) bond motifs is 1. The van der Waals surface area contributed by atoms with E-state index in [2.05, 4.69) is 0 Å². The number of amides is 1. The third-order valence-corrected chi connectivity index (χ3v) is 4.28. The summed E-state index contributed by atoms with van der Waals surface area (Å²) < 4.78 is 31.4. The topological polar surface area (TPSA) is 76.4 Å². The molecule has 0 spiro atoms. The van der Waals surface area contributed by atoms with Crippen LogP contribution in [0.15, 0.2) is 70.0 Å². The highest BCUT2D eigenvalue weighted by molar-refractivity contribution is 7.90. The molecule has 0 aliphatic rings. The fourth-order valence-electron chi connectivity index (χ4n) is 1.92. The Morgan fingerprint density at radius 1 is 0.952 bits per heavy atom. The van der Waals surface area contributed by atoms with Gasteiger partial charge in [0.1, 0.15) is 5.58 Å². The van der Waals surface area contributed by atoms with E-state index in [1.54, 1.807) is 42.5 Å². The van der Waals surface area contributed by atoms with E-state index in [1.165, 1.54) is 18.2 Å². The molecule has 3 rings (SSSR count). The molecule has 0 aliphatic carbocycles. The fraction of sp³-hybridized carbons (Fsp3) is 0. The molecule has 6 heteroatoms. The Kier molecular flexibility index (Phi) is 3.23. The molecule has 21 heavy (non-hydrogen) atoms. The summed E-state index contributed by atoms with van der Waals surface area (Å²) in [7, 11) is -3.90. The summed E-state index contributed by atoms with van der Waals surface area (Å²) in [5.74, 6) is -0.842. The zero-order valence-corrected chi connectivity index (χ0v) is 11.6. The Morgan fingerprint density at radius 3 is 2.33 bits per heavy atom. The largest absolute Gasteiger partial charge is 0.451 e. The first-order chi connectivity index (χ1) is 10.1. The fourth-order valence-corrected chi connectivity index (χ4v) is 2.90. The van der Waals surface area contributed by atoms with Crippen molar-refractivity contribution < 1.29 is 17.6 Å². The quantitative estimate of drug-likeness (QED) is 0.806. The third-order valence-electron chi connectivity index (χ3n) is 2.93. The van der Waals surface area contributed by atoms with Crippen LogP contribution in [-0.4, -0.2) is 14.3 Å². The van der Waals surface area contributed by atoms with Crippen LogP contribution in [0.2, 0.25) is 0 Å². The Morgan fingerprint density at radius 2 is 1.62 bits per heavy atom. The van der Waals surface area contributed by atoms with E-state index < -0.39 is 15.9 Å². The van der Waals surface area contributed by atoms with Crippen molar-refractivity contribution in [1.29, 1.82) is 0 Å². The van der Waals surface area contributed by atoms with E-state index in [0.29, 0.717) is 5.58 Å². The second kappa shape index (κ2) is 5.06. The zero-order chi connectivity index (χ0) is 14.9. The summed E-state index contributed by atoms with van der Waals surface area (Å²) in [4.78, 5) is 12.0. The number of para-hydroxylation sites is 1. The van der Waals surface area contributed by atoms with Gasteiger partial charge in [-0.2, -0.15) is 0 Å². The normalized spacial score (nSPS) is 11.4. The van der Waals surface area contributed by atoms with Crippen LogP contribution in [0.3, 0.4) is 0 Å². The minimum atomic E-state index is -3.90. The van der Waals surface area contributed by atoms with Gasteiger partial charge in [-0.15, -0.1) is 0 Å². The lowest BCUT2D eigenvalue weighted by atomic mass is 10.2. The maximum absolute atomic E-state index is 12.1. The number of carbonyl (C=O) groups excluding carboxylic acids is 1. The maximum atomic E-state index is 12.1. The van der Waals surface area contributed by atoms with Gasteiger partial charge in [-0.1, -0.05) is 36.4 Å². The first-order valence-electron chi connectivity index (χ1n) is 6.17. The maximum Gasteiger partial charge on any atom is 0.300 e. The predicted octanol–water partition coefficient (Wildman–Crippen LogP) is 2.55. The Bertz CT molecular complexity index is 865. The van der Waals surface area contributed by atoms with Crippen LogP contribution in [0.25, 0.3) is 11.0 Å². The van der Waals surface area contributed by atoms with Gasteiger partial charge in [0, 0.05) is 5.39 Å². The van der Waals surface area contributed by atoms with Crippen LogP contribution < -0.4 is 4.72 Å². The van der Waals surface area contributed by atoms with Crippen molar-refractivity contribution in [3.8, 4) is 0 Å². The van der Waals surface area contributed by atoms with Gasteiger partial charge < -0.3 is 4.42 Å². The van der Waals surface area contributed by atoms with Crippen LogP contribution in [0, 0.1) is 0 Å². The molecule has 0 saturated heterocycles. The van der Waals surface area contributed by atoms with E-state index >= 15 is 0 Å². The second-order valence-corrected chi connectivity index (χ2v) is 6.08. The highest BCUT2D eigenvalue weighted by atomic mass is 32.2. The molecule has 1 aromatic heterocycles. The Hall–Kier alpha value is -2.60. The van der Waals surface area contributed by atoms with Crippen molar-refractivity contribution in [2.24, 2.45) is 0 Å². The molecule has 1 amide bonds. The van der Waals surface area contributed by atoms with Crippen LogP contribution in [0.4, 0.5) is 0 Å².